The van der Waals surface area contributed by atoms with E-state index in [9.17, 15) is 9.59 Å². The first-order valence-electron chi connectivity index (χ1n) is 2.49. The largest absolute Gasteiger partial charge is 0.480 e. The standard InChI is InChI=1S/C4H8N2O4/c5-1-3(7)6(10)2-4(8)9/h10H,1-2,5H2,(H,8,9). The molecule has 0 aliphatic heterocycles. The van der Waals surface area contributed by atoms with Gasteiger partial charge >= 0.3 is 5.97 Å². The summed E-state index contributed by atoms with van der Waals surface area (Å²) >= 11 is 0. The number of carboxylic acid groups (broad SMARTS) is 1. The van der Waals surface area contributed by atoms with Crippen LogP contribution in [0, 0.1) is 0 Å². The summed E-state index contributed by atoms with van der Waals surface area (Å²) in [4.78, 5) is 20.2. The van der Waals surface area contributed by atoms with Crippen molar-refractivity contribution in [2.75, 3.05) is 13.1 Å². The lowest BCUT2D eigenvalue weighted by molar-refractivity contribution is -0.172. The van der Waals surface area contributed by atoms with E-state index in [1.54, 1.807) is 0 Å². The number of carbonyl (C=O) groups is 2. The van der Waals surface area contributed by atoms with Gasteiger partial charge in [-0.25, -0.2) is 5.06 Å². The third kappa shape index (κ3) is 3.00. The Labute approximate surface area is 56.8 Å². The van der Waals surface area contributed by atoms with Crippen molar-refractivity contribution in [1.82, 2.24) is 5.06 Å². The van der Waals surface area contributed by atoms with Gasteiger partial charge in [0.15, 0.2) is 0 Å². The SMILES string of the molecule is NCC(=O)N(O)CC(=O)O. The number of aliphatic carboxylic acids is 1. The molecule has 0 spiro atoms. The highest BCUT2D eigenvalue weighted by Gasteiger charge is 2.11. The maximum atomic E-state index is 10.3. The first-order valence-corrected chi connectivity index (χ1v) is 2.49. The molecule has 0 saturated heterocycles. The Hall–Kier alpha value is -1.14. The zero-order valence-electron chi connectivity index (χ0n) is 5.15. The van der Waals surface area contributed by atoms with E-state index in [0.29, 0.717) is 0 Å². The number of amides is 1. The Morgan fingerprint density at radius 1 is 1.50 bits per heavy atom. The molecule has 0 aromatic carbocycles. The third-order valence-electron chi connectivity index (χ3n) is 0.748. The molecular formula is C4H8N2O4. The van der Waals surface area contributed by atoms with Gasteiger partial charge in [-0.2, -0.15) is 0 Å². The molecule has 6 heteroatoms. The van der Waals surface area contributed by atoms with Crippen molar-refractivity contribution in [3.8, 4) is 0 Å². The molecule has 0 heterocycles. The van der Waals surface area contributed by atoms with Crippen molar-refractivity contribution in [2.45, 2.75) is 0 Å². The van der Waals surface area contributed by atoms with Crippen molar-refractivity contribution in [2.24, 2.45) is 5.73 Å². The summed E-state index contributed by atoms with van der Waals surface area (Å²) in [7, 11) is 0. The molecular weight excluding hydrogens is 140 g/mol. The highest BCUT2D eigenvalue weighted by atomic mass is 16.5. The minimum Gasteiger partial charge on any atom is -0.480 e. The van der Waals surface area contributed by atoms with Gasteiger partial charge in [0.05, 0.1) is 6.54 Å². The van der Waals surface area contributed by atoms with E-state index in [2.05, 4.69) is 0 Å². The highest BCUT2D eigenvalue weighted by Crippen LogP contribution is 1.80. The number of carbonyl (C=O) groups excluding carboxylic acids is 1. The number of carboxylic acids is 1. The van der Waals surface area contributed by atoms with E-state index in [0.717, 1.165) is 0 Å². The Bertz CT molecular complexity index is 146. The van der Waals surface area contributed by atoms with Crippen LogP contribution in [0.5, 0.6) is 0 Å². The number of hydrogen-bond donors (Lipinski definition) is 3. The van der Waals surface area contributed by atoms with E-state index >= 15 is 0 Å². The van der Waals surface area contributed by atoms with Crippen LogP contribution in [0.1, 0.15) is 0 Å². The summed E-state index contributed by atoms with van der Waals surface area (Å²) in [6.07, 6.45) is 0. The molecule has 4 N–H and O–H groups in total. The minimum absolute atomic E-state index is 0.0579. The number of hydroxylamine groups is 2. The van der Waals surface area contributed by atoms with E-state index in [1.165, 1.54) is 0 Å². The first-order chi connectivity index (χ1) is 4.57. The minimum atomic E-state index is -1.29. The van der Waals surface area contributed by atoms with Crippen LogP contribution in [0.4, 0.5) is 0 Å². The Balaban J connectivity index is 3.72. The molecule has 1 amide bonds. The number of nitrogens with two attached hydrogens (primary N) is 1. The second-order valence-electron chi connectivity index (χ2n) is 1.55. The molecule has 0 radical (unpaired) electrons. The van der Waals surface area contributed by atoms with Gasteiger partial charge in [-0.3, -0.25) is 14.8 Å². The summed E-state index contributed by atoms with van der Waals surface area (Å²) in [5.41, 5.74) is 4.80. The molecule has 58 valence electrons. The van der Waals surface area contributed by atoms with Crippen molar-refractivity contribution < 1.29 is 19.9 Å². The van der Waals surface area contributed by atoms with Crippen LogP contribution in [0.15, 0.2) is 0 Å². The fraction of sp³-hybridized carbons (Fsp3) is 0.500. The smallest absolute Gasteiger partial charge is 0.325 e. The summed E-state index contributed by atoms with van der Waals surface area (Å²) in [5.74, 6) is -2.10. The van der Waals surface area contributed by atoms with Gasteiger partial charge in [0, 0.05) is 0 Å². The van der Waals surface area contributed by atoms with Crippen LogP contribution in [0.2, 0.25) is 0 Å². The maximum absolute atomic E-state index is 10.3. The molecule has 0 rings (SSSR count). The Kier molecular flexibility index (Phi) is 3.37. The van der Waals surface area contributed by atoms with Crippen molar-refractivity contribution in [3.63, 3.8) is 0 Å². The van der Waals surface area contributed by atoms with Crippen molar-refractivity contribution in [3.05, 3.63) is 0 Å². The van der Waals surface area contributed by atoms with Crippen molar-refractivity contribution in [1.29, 1.82) is 0 Å². The topological polar surface area (TPSA) is 104 Å². The second kappa shape index (κ2) is 3.80. The fourth-order valence-electron chi connectivity index (χ4n) is 0.322. The molecule has 0 bridgehead atoms. The average Bonchev–Trinajstić information content (AvgIpc) is 1.85. The molecule has 6 nitrogen and oxygen atoms in total. The maximum Gasteiger partial charge on any atom is 0.325 e. The molecule has 10 heavy (non-hydrogen) atoms. The zero-order chi connectivity index (χ0) is 8.15. The van der Waals surface area contributed by atoms with E-state index in [4.69, 9.17) is 16.0 Å². The third-order valence-corrected chi connectivity index (χ3v) is 0.748. The molecule has 0 saturated carbocycles. The predicted molar refractivity (Wildman–Crippen MR) is 30.2 cm³/mol. The first kappa shape index (κ1) is 8.86. The molecule has 0 atom stereocenters. The Morgan fingerprint density at radius 2 is 2.00 bits per heavy atom. The fourth-order valence-corrected chi connectivity index (χ4v) is 0.322. The summed E-state index contributed by atoms with van der Waals surface area (Å²) in [6.45, 7) is -1.14. The summed E-state index contributed by atoms with van der Waals surface area (Å²) in [5, 5.41) is 16.6. The highest BCUT2D eigenvalue weighted by molar-refractivity contribution is 5.81. The van der Waals surface area contributed by atoms with Gasteiger partial charge in [0.1, 0.15) is 6.54 Å². The second-order valence-corrected chi connectivity index (χ2v) is 1.55. The van der Waals surface area contributed by atoms with Crippen LogP contribution in [0.3, 0.4) is 0 Å². The number of nitrogens with zero attached hydrogens (tertiary/aromatic N) is 1. The average molecular weight is 148 g/mol. The number of rotatable bonds is 3. The van der Waals surface area contributed by atoms with Gasteiger partial charge in [0.2, 0.25) is 0 Å². The van der Waals surface area contributed by atoms with E-state index < -0.39 is 25.0 Å². The summed E-state index contributed by atoms with van der Waals surface area (Å²) < 4.78 is 0. The van der Waals surface area contributed by atoms with Crippen LogP contribution in [-0.4, -0.2) is 40.3 Å². The molecule has 0 unspecified atom stereocenters. The summed E-state index contributed by atoms with van der Waals surface area (Å²) in [6, 6.07) is 0. The van der Waals surface area contributed by atoms with Gasteiger partial charge in [-0.15, -0.1) is 0 Å². The zero-order valence-corrected chi connectivity index (χ0v) is 5.15. The van der Waals surface area contributed by atoms with Crippen LogP contribution in [0.25, 0.3) is 0 Å². The van der Waals surface area contributed by atoms with E-state index in [-0.39, 0.29) is 5.06 Å². The lowest BCUT2D eigenvalue weighted by atomic mass is 10.5. The van der Waals surface area contributed by atoms with E-state index in [1.807, 2.05) is 0 Å². The molecule has 0 aliphatic carbocycles. The van der Waals surface area contributed by atoms with Gasteiger partial charge in [-0.05, 0) is 0 Å². The van der Waals surface area contributed by atoms with Gasteiger partial charge in [0.25, 0.3) is 5.91 Å². The Morgan fingerprint density at radius 3 is 2.30 bits per heavy atom. The molecule has 0 aromatic heterocycles. The lowest BCUT2D eigenvalue weighted by Gasteiger charge is -2.09. The molecule has 0 fully saturated rings. The normalized spacial score (nSPS) is 9.00. The quantitative estimate of drug-likeness (QED) is 0.325. The monoisotopic (exact) mass is 148 g/mol. The van der Waals surface area contributed by atoms with Crippen LogP contribution < -0.4 is 5.73 Å². The van der Waals surface area contributed by atoms with Gasteiger partial charge < -0.3 is 10.8 Å². The molecule has 0 aromatic rings. The van der Waals surface area contributed by atoms with Crippen molar-refractivity contribution >= 4 is 11.9 Å². The number of hydrogen-bond acceptors (Lipinski definition) is 4. The van der Waals surface area contributed by atoms with Crippen LogP contribution >= 0.6 is 0 Å². The van der Waals surface area contributed by atoms with Gasteiger partial charge in [-0.1, -0.05) is 0 Å². The predicted octanol–water partition coefficient (Wildman–Crippen LogP) is -1.75. The van der Waals surface area contributed by atoms with Crippen LogP contribution in [-0.2, 0) is 9.59 Å². The lowest BCUT2D eigenvalue weighted by Crippen LogP contribution is -2.36. The molecule has 0 aliphatic rings.